The summed E-state index contributed by atoms with van der Waals surface area (Å²) in [4.78, 5) is 12.8. The van der Waals surface area contributed by atoms with Gasteiger partial charge < -0.3 is 0 Å². The quantitative estimate of drug-likeness (QED) is 0.814. The van der Waals surface area contributed by atoms with Crippen LogP contribution in [0.15, 0.2) is 28.7 Å². The molecular formula is C16H18BrNO. The molecule has 0 spiro atoms. The maximum absolute atomic E-state index is 12.8. The molecule has 19 heavy (non-hydrogen) atoms. The van der Waals surface area contributed by atoms with Crippen LogP contribution in [-0.2, 0) is 4.79 Å². The number of ketones is 1. The molecule has 0 saturated heterocycles. The predicted molar refractivity (Wildman–Crippen MR) is 78.7 cm³/mol. The zero-order chi connectivity index (χ0) is 13.9. The van der Waals surface area contributed by atoms with Gasteiger partial charge >= 0.3 is 0 Å². The van der Waals surface area contributed by atoms with Crippen molar-refractivity contribution in [2.45, 2.75) is 44.9 Å². The highest BCUT2D eigenvalue weighted by molar-refractivity contribution is 9.10. The lowest BCUT2D eigenvalue weighted by atomic mass is 9.73. The Labute approximate surface area is 122 Å². The van der Waals surface area contributed by atoms with E-state index in [9.17, 15) is 10.1 Å². The van der Waals surface area contributed by atoms with Crippen molar-refractivity contribution in [3.05, 3.63) is 34.3 Å². The van der Waals surface area contributed by atoms with Crippen LogP contribution in [0.5, 0.6) is 0 Å². The van der Waals surface area contributed by atoms with Gasteiger partial charge in [0.15, 0.2) is 5.78 Å². The van der Waals surface area contributed by atoms with Crippen LogP contribution in [0.2, 0.25) is 0 Å². The topological polar surface area (TPSA) is 40.9 Å². The maximum atomic E-state index is 12.8. The molecule has 0 bridgehead atoms. The lowest BCUT2D eigenvalue weighted by molar-refractivity contribution is -0.129. The van der Waals surface area contributed by atoms with Crippen molar-refractivity contribution < 1.29 is 4.79 Å². The Balaban J connectivity index is 2.36. The van der Waals surface area contributed by atoms with E-state index in [-0.39, 0.29) is 11.2 Å². The summed E-state index contributed by atoms with van der Waals surface area (Å²) in [6.45, 7) is 2.07. The smallest absolute Gasteiger partial charge is 0.160 e. The van der Waals surface area contributed by atoms with Gasteiger partial charge in [0.25, 0.3) is 0 Å². The highest BCUT2D eigenvalue weighted by Crippen LogP contribution is 2.45. The van der Waals surface area contributed by atoms with Gasteiger partial charge in [-0.3, -0.25) is 4.79 Å². The second-order valence-corrected chi connectivity index (χ2v) is 6.14. The number of hydrogen-bond acceptors (Lipinski definition) is 2. The first-order chi connectivity index (χ1) is 9.14. The highest BCUT2D eigenvalue weighted by Gasteiger charge is 2.43. The van der Waals surface area contributed by atoms with Gasteiger partial charge in [0.1, 0.15) is 5.92 Å². The van der Waals surface area contributed by atoms with Crippen molar-refractivity contribution in [2.24, 2.45) is 5.41 Å². The molecule has 0 aliphatic heterocycles. The second kappa shape index (κ2) is 5.88. The molecule has 100 valence electrons. The molecule has 0 amide bonds. The molecule has 1 saturated carbocycles. The van der Waals surface area contributed by atoms with Crippen LogP contribution in [0, 0.1) is 16.7 Å². The summed E-state index contributed by atoms with van der Waals surface area (Å²) in [6.07, 6.45) is 4.92. The fourth-order valence-electron chi connectivity index (χ4n) is 3.11. The Morgan fingerprint density at radius 2 is 2.05 bits per heavy atom. The van der Waals surface area contributed by atoms with Gasteiger partial charge in [0, 0.05) is 9.89 Å². The second-order valence-electron chi connectivity index (χ2n) is 5.29. The zero-order valence-electron chi connectivity index (χ0n) is 11.2. The molecule has 1 aromatic rings. The Morgan fingerprint density at radius 3 is 2.58 bits per heavy atom. The van der Waals surface area contributed by atoms with E-state index in [4.69, 9.17) is 0 Å². The van der Waals surface area contributed by atoms with Gasteiger partial charge in [0.2, 0.25) is 0 Å². The summed E-state index contributed by atoms with van der Waals surface area (Å²) in [7, 11) is 0. The molecular weight excluding hydrogens is 302 g/mol. The van der Waals surface area contributed by atoms with Gasteiger partial charge in [-0.2, -0.15) is 5.26 Å². The molecule has 2 nitrogen and oxygen atoms in total. The third-order valence-corrected chi connectivity index (χ3v) is 5.09. The molecule has 1 unspecified atom stereocenters. The maximum Gasteiger partial charge on any atom is 0.160 e. The number of rotatable bonds is 4. The Kier molecular flexibility index (Phi) is 4.42. The SMILES string of the molecule is CCC1(C(=O)C(C#N)c2ccccc2Br)CCCC1. The molecule has 1 atom stereocenters. The monoisotopic (exact) mass is 319 g/mol. The molecule has 1 aliphatic rings. The first-order valence-corrected chi connectivity index (χ1v) is 7.62. The first-order valence-electron chi connectivity index (χ1n) is 6.83. The standard InChI is InChI=1S/C16H18BrNO/c1-2-16(9-5-6-10-16)15(19)13(11-18)12-7-3-4-8-14(12)17/h3-4,7-8,13H,2,5-6,9-10H2,1H3. The lowest BCUT2D eigenvalue weighted by Gasteiger charge is -2.28. The summed E-state index contributed by atoms with van der Waals surface area (Å²) >= 11 is 3.45. The van der Waals surface area contributed by atoms with Crippen molar-refractivity contribution in [3.63, 3.8) is 0 Å². The molecule has 0 radical (unpaired) electrons. The van der Waals surface area contributed by atoms with Crippen molar-refractivity contribution in [2.75, 3.05) is 0 Å². The number of hydrogen-bond donors (Lipinski definition) is 0. The number of benzene rings is 1. The Hall–Kier alpha value is -1.14. The van der Waals surface area contributed by atoms with E-state index in [0.29, 0.717) is 0 Å². The minimum absolute atomic E-state index is 0.113. The van der Waals surface area contributed by atoms with Crippen LogP contribution in [0.1, 0.15) is 50.5 Å². The minimum atomic E-state index is -0.645. The fourth-order valence-corrected chi connectivity index (χ4v) is 3.62. The number of nitriles is 1. The van der Waals surface area contributed by atoms with Gasteiger partial charge in [-0.25, -0.2) is 0 Å². The van der Waals surface area contributed by atoms with E-state index in [1.54, 1.807) is 0 Å². The van der Waals surface area contributed by atoms with Gasteiger partial charge in [-0.1, -0.05) is 53.9 Å². The van der Waals surface area contributed by atoms with E-state index >= 15 is 0 Å². The van der Waals surface area contributed by atoms with Crippen molar-refractivity contribution in [1.82, 2.24) is 0 Å². The van der Waals surface area contributed by atoms with Crippen LogP contribution in [0.25, 0.3) is 0 Å². The minimum Gasteiger partial charge on any atom is -0.297 e. The Bertz CT molecular complexity index is 512. The number of halogens is 1. The van der Waals surface area contributed by atoms with Crippen molar-refractivity contribution >= 4 is 21.7 Å². The summed E-state index contributed by atoms with van der Waals surface area (Å²) < 4.78 is 0.846. The molecule has 2 rings (SSSR count). The largest absolute Gasteiger partial charge is 0.297 e. The normalized spacial score (nSPS) is 18.8. The summed E-state index contributed by atoms with van der Waals surface area (Å²) in [5, 5.41) is 9.45. The summed E-state index contributed by atoms with van der Waals surface area (Å²) in [6, 6.07) is 9.75. The Morgan fingerprint density at radius 1 is 1.42 bits per heavy atom. The number of nitrogens with zero attached hydrogens (tertiary/aromatic N) is 1. The van der Waals surface area contributed by atoms with Crippen LogP contribution >= 0.6 is 15.9 Å². The average molecular weight is 320 g/mol. The van der Waals surface area contributed by atoms with Crippen LogP contribution < -0.4 is 0 Å². The van der Waals surface area contributed by atoms with Gasteiger partial charge in [-0.05, 0) is 30.9 Å². The number of Topliss-reactive ketones (excluding diaryl/α,β-unsaturated/α-hetero) is 1. The van der Waals surface area contributed by atoms with E-state index < -0.39 is 5.92 Å². The highest BCUT2D eigenvalue weighted by atomic mass is 79.9. The van der Waals surface area contributed by atoms with E-state index in [1.807, 2.05) is 24.3 Å². The summed E-state index contributed by atoms with van der Waals surface area (Å²) in [5.41, 5.74) is 0.532. The van der Waals surface area contributed by atoms with E-state index in [1.165, 1.54) is 0 Å². The zero-order valence-corrected chi connectivity index (χ0v) is 12.7. The molecule has 0 heterocycles. The van der Waals surface area contributed by atoms with Gasteiger partial charge in [0.05, 0.1) is 6.07 Å². The molecule has 0 N–H and O–H groups in total. The van der Waals surface area contributed by atoms with E-state index in [2.05, 4.69) is 28.9 Å². The summed E-state index contributed by atoms with van der Waals surface area (Å²) in [5.74, 6) is -0.532. The molecule has 0 aromatic heterocycles. The molecule has 1 fully saturated rings. The van der Waals surface area contributed by atoms with Crippen LogP contribution in [0.4, 0.5) is 0 Å². The molecule has 1 aromatic carbocycles. The first kappa shape index (κ1) is 14.3. The third kappa shape index (κ3) is 2.60. The predicted octanol–water partition coefficient (Wildman–Crippen LogP) is 4.60. The van der Waals surface area contributed by atoms with Gasteiger partial charge in [-0.15, -0.1) is 0 Å². The third-order valence-electron chi connectivity index (χ3n) is 4.37. The molecule has 1 aliphatic carbocycles. The molecule has 3 heteroatoms. The number of carbonyl (C=O) groups is 1. The number of carbonyl (C=O) groups excluding carboxylic acids is 1. The fraction of sp³-hybridized carbons (Fsp3) is 0.500. The van der Waals surface area contributed by atoms with Crippen molar-refractivity contribution in [3.8, 4) is 6.07 Å². The van der Waals surface area contributed by atoms with Crippen LogP contribution in [0.3, 0.4) is 0 Å². The lowest BCUT2D eigenvalue weighted by Crippen LogP contribution is -2.32. The van der Waals surface area contributed by atoms with E-state index in [0.717, 1.165) is 42.1 Å². The van der Waals surface area contributed by atoms with Crippen LogP contribution in [-0.4, -0.2) is 5.78 Å². The van der Waals surface area contributed by atoms with Crippen molar-refractivity contribution in [1.29, 1.82) is 5.26 Å². The average Bonchev–Trinajstić information content (AvgIpc) is 2.91.